The number of carbonyl (C=O) groups excluding carboxylic acids is 1. The van der Waals surface area contributed by atoms with Crippen molar-refractivity contribution in [3.63, 3.8) is 0 Å². The summed E-state index contributed by atoms with van der Waals surface area (Å²) < 4.78 is 33.9. The molecule has 1 atom stereocenters. The number of amides is 1. The van der Waals surface area contributed by atoms with Crippen LogP contribution in [0.5, 0.6) is 0 Å². The molecular weight excluding hydrogens is 476 g/mol. The summed E-state index contributed by atoms with van der Waals surface area (Å²) in [5.74, 6) is -1.24. The van der Waals surface area contributed by atoms with E-state index < -0.39 is 39.3 Å². The van der Waals surface area contributed by atoms with Gasteiger partial charge in [0.05, 0.1) is 10.5 Å². The Bertz CT molecular complexity index is 1480. The highest BCUT2D eigenvalue weighted by molar-refractivity contribution is 7.89. The summed E-state index contributed by atoms with van der Waals surface area (Å²) >= 11 is 0. The number of pyridine rings is 1. The molecule has 0 spiro atoms. The Balaban J connectivity index is 1.70. The molecule has 4 N–H and O–H groups in total. The molecular formula is C23H28N4O7S. The Hall–Kier alpha value is -3.38. The van der Waals surface area contributed by atoms with Crippen molar-refractivity contribution >= 4 is 43.9 Å². The average Bonchev–Trinajstić information content (AvgIpc) is 3.46. The van der Waals surface area contributed by atoms with Crippen LogP contribution < -0.4 is 10.9 Å². The lowest BCUT2D eigenvalue weighted by Gasteiger charge is -2.27. The summed E-state index contributed by atoms with van der Waals surface area (Å²) in [4.78, 5) is 41.5. The number of H-pyrrole nitrogens is 2. The lowest BCUT2D eigenvalue weighted by molar-refractivity contribution is 0.0502. The highest BCUT2D eigenvalue weighted by Crippen LogP contribution is 2.34. The number of fused-ring (bicyclic) bond motifs is 3. The first-order chi connectivity index (χ1) is 16.3. The molecule has 1 saturated carbocycles. The minimum atomic E-state index is -4.00. The first-order valence-electron chi connectivity index (χ1n) is 11.2. The molecule has 1 amide bonds. The predicted molar refractivity (Wildman–Crippen MR) is 129 cm³/mol. The van der Waals surface area contributed by atoms with Crippen LogP contribution in [-0.4, -0.2) is 64.1 Å². The van der Waals surface area contributed by atoms with Crippen molar-refractivity contribution in [2.24, 2.45) is 0 Å². The molecule has 0 radical (unpaired) electrons. The molecule has 12 heteroatoms. The van der Waals surface area contributed by atoms with Gasteiger partial charge in [-0.05, 0) is 58.7 Å². The van der Waals surface area contributed by atoms with Gasteiger partial charge in [-0.3, -0.25) is 4.79 Å². The van der Waals surface area contributed by atoms with Crippen molar-refractivity contribution in [3.8, 4) is 0 Å². The summed E-state index contributed by atoms with van der Waals surface area (Å²) in [5.41, 5.74) is -0.937. The van der Waals surface area contributed by atoms with Gasteiger partial charge in [0.25, 0.3) is 5.56 Å². The number of nitrogens with one attached hydrogen (secondary N) is 3. The van der Waals surface area contributed by atoms with Crippen LogP contribution in [0.1, 0.15) is 50.9 Å². The lowest BCUT2D eigenvalue weighted by Crippen LogP contribution is -2.46. The molecule has 2 aromatic heterocycles. The van der Waals surface area contributed by atoms with Crippen molar-refractivity contribution in [2.75, 3.05) is 6.54 Å². The van der Waals surface area contributed by atoms with E-state index in [0.717, 1.165) is 0 Å². The molecule has 1 fully saturated rings. The van der Waals surface area contributed by atoms with Gasteiger partial charge in [-0.15, -0.1) is 0 Å². The third kappa shape index (κ3) is 5.03. The molecule has 0 aliphatic heterocycles. The minimum Gasteiger partial charge on any atom is -0.478 e. The second-order valence-corrected chi connectivity index (χ2v) is 11.7. The fourth-order valence-corrected chi connectivity index (χ4v) is 5.80. The van der Waals surface area contributed by atoms with Gasteiger partial charge in [0.1, 0.15) is 11.1 Å². The average molecular weight is 505 g/mol. The molecule has 2 heterocycles. The van der Waals surface area contributed by atoms with Gasteiger partial charge in [-0.25, -0.2) is 18.0 Å². The van der Waals surface area contributed by atoms with E-state index in [2.05, 4.69) is 15.3 Å². The van der Waals surface area contributed by atoms with E-state index in [4.69, 9.17) is 4.74 Å². The van der Waals surface area contributed by atoms with E-state index in [1.54, 1.807) is 27.7 Å². The van der Waals surface area contributed by atoms with Gasteiger partial charge in [-0.1, -0.05) is 0 Å². The fraction of sp³-hybridized carbons (Fsp3) is 0.435. The second kappa shape index (κ2) is 8.68. The van der Waals surface area contributed by atoms with Crippen molar-refractivity contribution in [3.05, 3.63) is 40.3 Å². The number of aromatic nitrogens is 2. The normalized spacial score (nSPS) is 15.5. The first kappa shape index (κ1) is 24.7. The van der Waals surface area contributed by atoms with Gasteiger partial charge in [0.15, 0.2) is 0 Å². The van der Waals surface area contributed by atoms with E-state index in [1.165, 1.54) is 28.7 Å². The number of ether oxygens (including phenoxy) is 1. The van der Waals surface area contributed by atoms with Crippen molar-refractivity contribution in [1.29, 1.82) is 0 Å². The predicted octanol–water partition coefficient (Wildman–Crippen LogP) is 2.77. The molecule has 0 bridgehead atoms. The Morgan fingerprint density at radius 2 is 1.97 bits per heavy atom. The van der Waals surface area contributed by atoms with E-state index in [9.17, 15) is 27.9 Å². The molecule has 0 unspecified atom stereocenters. The second-order valence-electron chi connectivity index (χ2n) is 9.77. The molecule has 1 aromatic carbocycles. The third-order valence-corrected chi connectivity index (χ3v) is 7.54. The molecule has 3 aromatic rings. The Kier molecular flexibility index (Phi) is 6.14. The number of aromatic amines is 2. The summed E-state index contributed by atoms with van der Waals surface area (Å²) in [6, 6.07) is 3.50. The first-order valence-corrected chi connectivity index (χ1v) is 12.6. The molecule has 4 rings (SSSR count). The highest BCUT2D eigenvalue weighted by atomic mass is 32.2. The largest absolute Gasteiger partial charge is 0.478 e. The highest BCUT2D eigenvalue weighted by Gasteiger charge is 2.39. The van der Waals surface area contributed by atoms with Gasteiger partial charge in [0, 0.05) is 41.1 Å². The number of sulfonamides is 1. The molecule has 0 saturated heterocycles. The maximum absolute atomic E-state index is 13.7. The molecule has 188 valence electrons. The van der Waals surface area contributed by atoms with Crippen molar-refractivity contribution < 1.29 is 27.9 Å². The van der Waals surface area contributed by atoms with Crippen molar-refractivity contribution in [1.82, 2.24) is 19.6 Å². The Labute approximate surface area is 201 Å². The van der Waals surface area contributed by atoms with Crippen LogP contribution in [0.25, 0.3) is 21.8 Å². The zero-order chi connectivity index (χ0) is 25.7. The summed E-state index contributed by atoms with van der Waals surface area (Å²) in [5, 5.41) is 12.7. The van der Waals surface area contributed by atoms with Crippen LogP contribution >= 0.6 is 0 Å². The van der Waals surface area contributed by atoms with E-state index >= 15 is 0 Å². The van der Waals surface area contributed by atoms with E-state index in [-0.39, 0.29) is 33.9 Å². The third-order valence-electron chi connectivity index (χ3n) is 5.62. The SMILES string of the molecule is C[C@H](CN(C1CC1)S(=O)(=O)c1ccc2[nH]c(=O)c3[nH]cc(C(=O)O)c3c2c1)NC(=O)OC(C)(C)C. The molecule has 1 aliphatic carbocycles. The standard InChI is InChI=1S/C23H28N4O7S/c1-12(25-22(31)34-23(2,3)4)11-27(13-5-6-13)35(32,33)14-7-8-17-15(9-14)18-16(21(29)30)10-24-19(18)20(28)26-17/h7-10,12-13,24H,5-6,11H2,1-4H3,(H,25,31)(H,26,28)(H,29,30)/t12-/m1/s1. The molecule has 1 aliphatic rings. The van der Waals surface area contributed by atoms with E-state index in [1.807, 2.05) is 0 Å². The number of hydrogen-bond donors (Lipinski definition) is 4. The lowest BCUT2D eigenvalue weighted by atomic mass is 10.1. The van der Waals surface area contributed by atoms with Crippen molar-refractivity contribution in [2.45, 2.75) is 63.1 Å². The summed E-state index contributed by atoms with van der Waals surface area (Å²) in [6.07, 6.45) is 1.97. The van der Waals surface area contributed by atoms with Gasteiger partial charge >= 0.3 is 12.1 Å². The van der Waals surface area contributed by atoms with Gasteiger partial charge in [0.2, 0.25) is 10.0 Å². The molecule has 11 nitrogen and oxygen atoms in total. The number of hydrogen-bond acceptors (Lipinski definition) is 6. The van der Waals surface area contributed by atoms with Crippen LogP contribution in [0, 0.1) is 0 Å². The van der Waals surface area contributed by atoms with Crippen LogP contribution in [0.4, 0.5) is 4.79 Å². The maximum Gasteiger partial charge on any atom is 0.407 e. The van der Waals surface area contributed by atoms with Gasteiger partial charge < -0.3 is 25.1 Å². The number of carboxylic acids is 1. The summed E-state index contributed by atoms with van der Waals surface area (Å²) in [7, 11) is -4.00. The Morgan fingerprint density at radius 1 is 1.29 bits per heavy atom. The maximum atomic E-state index is 13.7. The number of alkyl carbamates (subject to hydrolysis) is 1. The van der Waals surface area contributed by atoms with Gasteiger partial charge in [-0.2, -0.15) is 4.31 Å². The monoisotopic (exact) mass is 504 g/mol. The van der Waals surface area contributed by atoms with E-state index in [0.29, 0.717) is 23.7 Å². The number of nitrogens with zero attached hydrogens (tertiary/aromatic N) is 1. The van der Waals surface area contributed by atoms with Crippen LogP contribution in [-0.2, 0) is 14.8 Å². The topological polar surface area (TPSA) is 162 Å². The Morgan fingerprint density at radius 3 is 2.57 bits per heavy atom. The van der Waals surface area contributed by atoms with Crippen LogP contribution in [0.15, 0.2) is 34.1 Å². The zero-order valence-corrected chi connectivity index (χ0v) is 20.7. The number of benzene rings is 1. The van der Waals surface area contributed by atoms with Crippen LogP contribution in [0.3, 0.4) is 0 Å². The number of aromatic carboxylic acids is 1. The fourth-order valence-electron chi connectivity index (χ4n) is 4.00. The number of carboxylic acid groups (broad SMARTS) is 1. The number of rotatable bonds is 7. The molecule has 35 heavy (non-hydrogen) atoms. The number of carbonyl (C=O) groups is 2. The summed E-state index contributed by atoms with van der Waals surface area (Å²) in [6.45, 7) is 6.95. The minimum absolute atomic E-state index is 0.0349. The van der Waals surface area contributed by atoms with Crippen LogP contribution in [0.2, 0.25) is 0 Å². The quantitative estimate of drug-likeness (QED) is 0.384. The zero-order valence-electron chi connectivity index (χ0n) is 19.8. The smallest absolute Gasteiger partial charge is 0.407 e.